The number of hydrogen-bond donors (Lipinski definition) is 3. The fourth-order valence-electron chi connectivity index (χ4n) is 1.64. The second-order valence-corrected chi connectivity index (χ2v) is 3.75. The van der Waals surface area contributed by atoms with Gasteiger partial charge in [0.15, 0.2) is 0 Å². The third kappa shape index (κ3) is 3.17. The summed E-state index contributed by atoms with van der Waals surface area (Å²) in [5.74, 6) is 0.233. The molecule has 1 aromatic heterocycles. The maximum absolute atomic E-state index is 10.0. The molecule has 0 aliphatic heterocycles. The van der Waals surface area contributed by atoms with Crippen LogP contribution in [-0.4, -0.2) is 39.6 Å². The zero-order valence-corrected chi connectivity index (χ0v) is 10.9. The van der Waals surface area contributed by atoms with E-state index in [-0.39, 0.29) is 24.1 Å². The number of nitrogens with two attached hydrogens (primary N) is 2. The molecule has 1 rings (SSSR count). The fraction of sp³-hybridized carbons (Fsp3) is 0.700. The zero-order chi connectivity index (χ0) is 13.7. The van der Waals surface area contributed by atoms with E-state index < -0.39 is 6.23 Å². The Morgan fingerprint density at radius 3 is 2.11 bits per heavy atom. The van der Waals surface area contributed by atoms with E-state index in [9.17, 15) is 5.11 Å². The van der Waals surface area contributed by atoms with E-state index >= 15 is 0 Å². The normalized spacial score (nSPS) is 14.2. The van der Waals surface area contributed by atoms with Crippen molar-refractivity contribution in [3.05, 3.63) is 0 Å². The lowest BCUT2D eigenvalue weighted by molar-refractivity contribution is 0.0434. The molecule has 1 heterocycles. The van der Waals surface area contributed by atoms with Crippen molar-refractivity contribution in [3.63, 3.8) is 0 Å². The van der Waals surface area contributed by atoms with Gasteiger partial charge in [0.1, 0.15) is 12.5 Å². The lowest BCUT2D eigenvalue weighted by Crippen LogP contribution is -2.45. The van der Waals surface area contributed by atoms with Crippen molar-refractivity contribution in [2.45, 2.75) is 39.1 Å². The summed E-state index contributed by atoms with van der Waals surface area (Å²) in [5, 5.41) is 10.0. The van der Waals surface area contributed by atoms with Gasteiger partial charge in [-0.1, -0.05) is 13.8 Å². The minimum Gasteiger partial charge on any atom is -0.373 e. The van der Waals surface area contributed by atoms with Crippen LogP contribution in [0.25, 0.3) is 0 Å². The number of aromatic nitrogens is 3. The van der Waals surface area contributed by atoms with E-state index in [1.54, 1.807) is 7.11 Å². The van der Waals surface area contributed by atoms with Crippen LogP contribution in [0.4, 0.5) is 17.8 Å². The molecule has 0 saturated carbocycles. The van der Waals surface area contributed by atoms with Gasteiger partial charge >= 0.3 is 0 Å². The summed E-state index contributed by atoms with van der Waals surface area (Å²) in [7, 11) is 1.55. The molecular formula is C10H20N6O2. The Balaban J connectivity index is 3.15. The number of nitrogen functional groups attached to an aromatic ring is 2. The van der Waals surface area contributed by atoms with Crippen molar-refractivity contribution >= 4 is 17.8 Å². The monoisotopic (exact) mass is 256 g/mol. The van der Waals surface area contributed by atoms with Gasteiger partial charge in [-0.25, -0.2) is 0 Å². The molecule has 0 aliphatic carbocycles. The van der Waals surface area contributed by atoms with Gasteiger partial charge in [0, 0.05) is 7.11 Å². The number of rotatable bonds is 6. The smallest absolute Gasteiger partial charge is 0.236 e. The van der Waals surface area contributed by atoms with Gasteiger partial charge in [-0.3, -0.25) is 4.90 Å². The number of anilines is 3. The standard InChI is InChI=1S/C10H20N6O2/c1-4-6(17)16(7(5-2)18-3)10-14-8(11)13-9(12)15-10/h6-7,17H,4-5H2,1-3H3,(H4,11,12,13,14,15). The van der Waals surface area contributed by atoms with Crippen LogP contribution < -0.4 is 16.4 Å². The first-order valence-electron chi connectivity index (χ1n) is 5.79. The minimum atomic E-state index is -0.781. The first-order valence-corrected chi connectivity index (χ1v) is 5.79. The molecule has 2 unspecified atom stereocenters. The molecule has 0 aliphatic rings. The largest absolute Gasteiger partial charge is 0.373 e. The number of methoxy groups -OCH3 is 1. The van der Waals surface area contributed by atoms with Crippen LogP contribution >= 0.6 is 0 Å². The Labute approximate surface area is 106 Å². The van der Waals surface area contributed by atoms with Gasteiger partial charge in [0.25, 0.3) is 0 Å². The molecular weight excluding hydrogens is 236 g/mol. The molecule has 102 valence electrons. The predicted octanol–water partition coefficient (Wildman–Crippen LogP) is -0.0467. The average molecular weight is 256 g/mol. The first-order chi connectivity index (χ1) is 8.53. The van der Waals surface area contributed by atoms with Crippen molar-refractivity contribution in [2.24, 2.45) is 0 Å². The van der Waals surface area contributed by atoms with Crippen molar-refractivity contribution in [2.75, 3.05) is 23.5 Å². The van der Waals surface area contributed by atoms with Crippen molar-refractivity contribution < 1.29 is 9.84 Å². The van der Waals surface area contributed by atoms with Gasteiger partial charge < -0.3 is 21.3 Å². The first kappa shape index (κ1) is 14.4. The predicted molar refractivity (Wildman–Crippen MR) is 68.5 cm³/mol. The summed E-state index contributed by atoms with van der Waals surface area (Å²) >= 11 is 0. The van der Waals surface area contributed by atoms with Gasteiger partial charge in [-0.05, 0) is 12.8 Å². The molecule has 0 radical (unpaired) electrons. The second-order valence-electron chi connectivity index (χ2n) is 3.75. The molecule has 0 fully saturated rings. The van der Waals surface area contributed by atoms with E-state index in [0.717, 1.165) is 0 Å². The van der Waals surface area contributed by atoms with E-state index in [1.165, 1.54) is 4.90 Å². The minimum absolute atomic E-state index is 0.0109. The van der Waals surface area contributed by atoms with Gasteiger partial charge in [0.2, 0.25) is 17.8 Å². The molecule has 18 heavy (non-hydrogen) atoms. The number of aliphatic hydroxyl groups excluding tert-OH is 1. The Bertz CT molecular complexity index is 364. The summed E-state index contributed by atoms with van der Waals surface area (Å²) < 4.78 is 5.30. The summed E-state index contributed by atoms with van der Waals surface area (Å²) in [5.41, 5.74) is 11.1. The molecule has 5 N–H and O–H groups in total. The average Bonchev–Trinajstić information content (AvgIpc) is 2.33. The summed E-state index contributed by atoms with van der Waals surface area (Å²) in [6.45, 7) is 3.77. The van der Waals surface area contributed by atoms with Crippen LogP contribution in [0.15, 0.2) is 0 Å². The lowest BCUT2D eigenvalue weighted by Gasteiger charge is -2.33. The highest BCUT2D eigenvalue weighted by Crippen LogP contribution is 2.19. The maximum atomic E-state index is 10.0. The fourth-order valence-corrected chi connectivity index (χ4v) is 1.64. The van der Waals surface area contributed by atoms with E-state index in [4.69, 9.17) is 16.2 Å². The van der Waals surface area contributed by atoms with Crippen LogP contribution in [0.3, 0.4) is 0 Å². The van der Waals surface area contributed by atoms with Gasteiger partial charge in [-0.2, -0.15) is 15.0 Å². The number of nitrogens with zero attached hydrogens (tertiary/aromatic N) is 4. The highest BCUT2D eigenvalue weighted by Gasteiger charge is 2.26. The number of aliphatic hydroxyl groups is 1. The van der Waals surface area contributed by atoms with E-state index in [0.29, 0.717) is 12.8 Å². The Hall–Kier alpha value is -1.67. The number of ether oxygens (including phenoxy) is 1. The van der Waals surface area contributed by atoms with Gasteiger partial charge in [-0.15, -0.1) is 0 Å². The third-order valence-corrected chi connectivity index (χ3v) is 2.51. The zero-order valence-electron chi connectivity index (χ0n) is 10.9. The molecule has 8 heteroatoms. The molecule has 1 aromatic rings. The third-order valence-electron chi connectivity index (χ3n) is 2.51. The van der Waals surface area contributed by atoms with Crippen molar-refractivity contribution in [3.8, 4) is 0 Å². The topological polar surface area (TPSA) is 123 Å². The van der Waals surface area contributed by atoms with Crippen LogP contribution in [0.1, 0.15) is 26.7 Å². The highest BCUT2D eigenvalue weighted by atomic mass is 16.5. The van der Waals surface area contributed by atoms with Crippen LogP contribution in [0.2, 0.25) is 0 Å². The Morgan fingerprint density at radius 2 is 1.72 bits per heavy atom. The second kappa shape index (κ2) is 6.31. The van der Waals surface area contributed by atoms with Crippen LogP contribution in [0, 0.1) is 0 Å². The molecule has 0 spiro atoms. The summed E-state index contributed by atoms with van der Waals surface area (Å²) in [6, 6.07) is 0. The van der Waals surface area contributed by atoms with Gasteiger partial charge in [0.05, 0.1) is 0 Å². The molecule has 0 amide bonds. The maximum Gasteiger partial charge on any atom is 0.236 e. The summed E-state index contributed by atoms with van der Waals surface area (Å²) in [4.78, 5) is 13.2. The molecule has 8 nitrogen and oxygen atoms in total. The summed E-state index contributed by atoms with van der Waals surface area (Å²) in [6.07, 6.45) is 0.00182. The van der Waals surface area contributed by atoms with Crippen LogP contribution in [-0.2, 0) is 4.74 Å². The Kier molecular flexibility index (Phi) is 5.05. The van der Waals surface area contributed by atoms with E-state index in [1.807, 2.05) is 13.8 Å². The molecule has 0 saturated heterocycles. The highest BCUT2D eigenvalue weighted by molar-refractivity contribution is 5.40. The number of hydrogen-bond acceptors (Lipinski definition) is 8. The Morgan fingerprint density at radius 1 is 1.17 bits per heavy atom. The molecule has 2 atom stereocenters. The molecule has 0 bridgehead atoms. The SMILES string of the molecule is CCC(O)N(c1nc(N)nc(N)n1)C(CC)OC. The van der Waals surface area contributed by atoms with Crippen molar-refractivity contribution in [1.29, 1.82) is 0 Å². The lowest BCUT2D eigenvalue weighted by atomic mass is 10.3. The van der Waals surface area contributed by atoms with Crippen LogP contribution in [0.5, 0.6) is 0 Å². The van der Waals surface area contributed by atoms with Crippen molar-refractivity contribution in [1.82, 2.24) is 15.0 Å². The van der Waals surface area contributed by atoms with E-state index in [2.05, 4.69) is 15.0 Å². The molecule has 0 aromatic carbocycles. The quantitative estimate of drug-likeness (QED) is 0.605.